The number of aryl methyl sites for hydroxylation is 1. The molecule has 0 saturated carbocycles. The standard InChI is InChI=1S/C18H21ClFN/c1-3-13-8-10-14(11-9-13)17(21-4-2)12-15-6-5-7-16(20)18(15)19/h5-11,17,21H,3-4,12H2,1-2H3. The van der Waals surface area contributed by atoms with Gasteiger partial charge in [-0.05, 0) is 42.1 Å². The predicted octanol–water partition coefficient (Wildman–Crippen LogP) is 4.93. The van der Waals surface area contributed by atoms with Crippen molar-refractivity contribution >= 4 is 11.6 Å². The molecule has 0 aliphatic rings. The van der Waals surface area contributed by atoms with Gasteiger partial charge in [0.15, 0.2) is 0 Å². The molecule has 112 valence electrons. The van der Waals surface area contributed by atoms with Crippen LogP contribution in [0.2, 0.25) is 5.02 Å². The van der Waals surface area contributed by atoms with Crippen LogP contribution in [0.25, 0.3) is 0 Å². The molecule has 2 rings (SSSR count). The van der Waals surface area contributed by atoms with Crippen LogP contribution in [-0.2, 0) is 12.8 Å². The van der Waals surface area contributed by atoms with Gasteiger partial charge in [-0.1, -0.05) is 61.8 Å². The van der Waals surface area contributed by atoms with E-state index in [1.807, 2.05) is 6.07 Å². The highest BCUT2D eigenvalue weighted by molar-refractivity contribution is 6.31. The summed E-state index contributed by atoms with van der Waals surface area (Å²) < 4.78 is 13.6. The molecule has 0 aromatic heterocycles. The molecule has 0 amide bonds. The number of nitrogens with one attached hydrogen (secondary N) is 1. The van der Waals surface area contributed by atoms with E-state index in [0.717, 1.165) is 18.5 Å². The highest BCUT2D eigenvalue weighted by Gasteiger charge is 2.14. The number of hydrogen-bond acceptors (Lipinski definition) is 1. The number of rotatable bonds is 6. The Hall–Kier alpha value is -1.38. The second-order valence-corrected chi connectivity index (χ2v) is 5.50. The van der Waals surface area contributed by atoms with E-state index in [4.69, 9.17) is 11.6 Å². The largest absolute Gasteiger partial charge is 0.310 e. The Morgan fingerprint density at radius 1 is 1.10 bits per heavy atom. The van der Waals surface area contributed by atoms with E-state index >= 15 is 0 Å². The van der Waals surface area contributed by atoms with Gasteiger partial charge in [-0.3, -0.25) is 0 Å². The van der Waals surface area contributed by atoms with E-state index in [2.05, 4.69) is 43.4 Å². The maximum atomic E-state index is 13.6. The smallest absolute Gasteiger partial charge is 0.142 e. The van der Waals surface area contributed by atoms with Crippen molar-refractivity contribution in [3.63, 3.8) is 0 Å². The third-order valence-corrected chi connectivity index (χ3v) is 4.12. The van der Waals surface area contributed by atoms with Crippen molar-refractivity contribution in [3.05, 3.63) is 70.0 Å². The Morgan fingerprint density at radius 3 is 2.43 bits per heavy atom. The number of hydrogen-bond donors (Lipinski definition) is 1. The van der Waals surface area contributed by atoms with Gasteiger partial charge in [0.1, 0.15) is 5.82 Å². The van der Waals surface area contributed by atoms with Crippen LogP contribution >= 0.6 is 11.6 Å². The van der Waals surface area contributed by atoms with Crippen molar-refractivity contribution in [2.75, 3.05) is 6.54 Å². The summed E-state index contributed by atoms with van der Waals surface area (Å²) in [5.74, 6) is -0.356. The second kappa shape index (κ2) is 7.58. The molecule has 0 heterocycles. The fourth-order valence-electron chi connectivity index (χ4n) is 2.47. The van der Waals surface area contributed by atoms with Crippen molar-refractivity contribution in [3.8, 4) is 0 Å². The van der Waals surface area contributed by atoms with Gasteiger partial charge in [0.25, 0.3) is 0 Å². The van der Waals surface area contributed by atoms with Crippen LogP contribution in [0.3, 0.4) is 0 Å². The topological polar surface area (TPSA) is 12.0 Å². The van der Waals surface area contributed by atoms with E-state index < -0.39 is 0 Å². The maximum absolute atomic E-state index is 13.6. The zero-order valence-corrected chi connectivity index (χ0v) is 13.3. The molecule has 0 spiro atoms. The van der Waals surface area contributed by atoms with E-state index in [-0.39, 0.29) is 16.9 Å². The first-order valence-electron chi connectivity index (χ1n) is 7.40. The molecule has 1 N–H and O–H groups in total. The summed E-state index contributed by atoms with van der Waals surface area (Å²) in [5.41, 5.74) is 3.36. The van der Waals surface area contributed by atoms with E-state index in [1.165, 1.54) is 17.2 Å². The molecule has 21 heavy (non-hydrogen) atoms. The lowest BCUT2D eigenvalue weighted by atomic mass is 9.97. The first-order valence-corrected chi connectivity index (χ1v) is 7.78. The molecule has 1 nitrogen and oxygen atoms in total. The van der Waals surface area contributed by atoms with Gasteiger partial charge in [-0.2, -0.15) is 0 Å². The van der Waals surface area contributed by atoms with Gasteiger partial charge >= 0.3 is 0 Å². The maximum Gasteiger partial charge on any atom is 0.142 e. The predicted molar refractivity (Wildman–Crippen MR) is 87.4 cm³/mol. The molecular weight excluding hydrogens is 285 g/mol. The average molecular weight is 306 g/mol. The molecule has 3 heteroatoms. The molecule has 0 saturated heterocycles. The zero-order chi connectivity index (χ0) is 15.2. The Kier molecular flexibility index (Phi) is 5.77. The van der Waals surface area contributed by atoms with Gasteiger partial charge in [0, 0.05) is 6.04 Å². The molecule has 1 atom stereocenters. The fourth-order valence-corrected chi connectivity index (χ4v) is 2.67. The summed E-state index contributed by atoms with van der Waals surface area (Å²) in [7, 11) is 0. The summed E-state index contributed by atoms with van der Waals surface area (Å²) in [6.45, 7) is 5.07. The van der Waals surface area contributed by atoms with Crippen LogP contribution in [0.5, 0.6) is 0 Å². The van der Waals surface area contributed by atoms with Crippen LogP contribution in [0, 0.1) is 5.82 Å². The quantitative estimate of drug-likeness (QED) is 0.797. The van der Waals surface area contributed by atoms with Gasteiger partial charge in [0.2, 0.25) is 0 Å². The minimum Gasteiger partial charge on any atom is -0.310 e. The molecule has 0 bridgehead atoms. The van der Waals surface area contributed by atoms with Crippen molar-refractivity contribution in [1.29, 1.82) is 0 Å². The lowest BCUT2D eigenvalue weighted by Crippen LogP contribution is -2.23. The highest BCUT2D eigenvalue weighted by atomic mass is 35.5. The van der Waals surface area contributed by atoms with Crippen LogP contribution < -0.4 is 5.32 Å². The SMILES string of the molecule is CCNC(Cc1cccc(F)c1Cl)c1ccc(CC)cc1. The molecule has 0 fully saturated rings. The third-order valence-electron chi connectivity index (χ3n) is 3.70. The number of benzene rings is 2. The number of likely N-dealkylation sites (N-methyl/N-ethyl adjacent to an activating group) is 1. The minimum atomic E-state index is -0.356. The van der Waals surface area contributed by atoms with Gasteiger partial charge in [-0.25, -0.2) is 4.39 Å². The monoisotopic (exact) mass is 305 g/mol. The first-order chi connectivity index (χ1) is 10.2. The summed E-state index contributed by atoms with van der Waals surface area (Å²) in [4.78, 5) is 0. The number of halogens is 2. The average Bonchev–Trinajstić information content (AvgIpc) is 2.51. The molecule has 2 aromatic carbocycles. The Balaban J connectivity index is 2.23. The normalized spacial score (nSPS) is 12.4. The molecule has 0 aliphatic carbocycles. The summed E-state index contributed by atoms with van der Waals surface area (Å²) in [6, 6.07) is 13.7. The lowest BCUT2D eigenvalue weighted by molar-refractivity contribution is 0.546. The van der Waals surface area contributed by atoms with E-state index in [9.17, 15) is 4.39 Å². The van der Waals surface area contributed by atoms with Gasteiger partial charge < -0.3 is 5.32 Å². The fraction of sp³-hybridized carbons (Fsp3) is 0.333. The van der Waals surface area contributed by atoms with Crippen LogP contribution in [0.15, 0.2) is 42.5 Å². The van der Waals surface area contributed by atoms with Crippen molar-refractivity contribution in [2.45, 2.75) is 32.7 Å². The second-order valence-electron chi connectivity index (χ2n) is 5.12. The van der Waals surface area contributed by atoms with E-state index in [0.29, 0.717) is 6.42 Å². The van der Waals surface area contributed by atoms with Crippen LogP contribution in [-0.4, -0.2) is 6.54 Å². The Bertz CT molecular complexity index is 580. The molecule has 0 radical (unpaired) electrons. The molecule has 2 aromatic rings. The lowest BCUT2D eigenvalue weighted by Gasteiger charge is -2.19. The van der Waals surface area contributed by atoms with Crippen LogP contribution in [0.1, 0.15) is 36.6 Å². The first kappa shape index (κ1) is 16.0. The summed E-state index contributed by atoms with van der Waals surface area (Å²) in [6.07, 6.45) is 1.71. The zero-order valence-electron chi connectivity index (χ0n) is 12.5. The third kappa shape index (κ3) is 4.05. The summed E-state index contributed by atoms with van der Waals surface area (Å²) >= 11 is 6.07. The van der Waals surface area contributed by atoms with Crippen molar-refractivity contribution in [1.82, 2.24) is 5.32 Å². The van der Waals surface area contributed by atoms with Gasteiger partial charge in [-0.15, -0.1) is 0 Å². The highest BCUT2D eigenvalue weighted by Crippen LogP contribution is 2.26. The summed E-state index contributed by atoms with van der Waals surface area (Å²) in [5, 5.41) is 3.68. The Morgan fingerprint density at radius 2 is 1.81 bits per heavy atom. The minimum absolute atomic E-state index is 0.139. The van der Waals surface area contributed by atoms with E-state index in [1.54, 1.807) is 6.07 Å². The van der Waals surface area contributed by atoms with Crippen molar-refractivity contribution in [2.24, 2.45) is 0 Å². The Labute approximate surface area is 131 Å². The van der Waals surface area contributed by atoms with Crippen molar-refractivity contribution < 1.29 is 4.39 Å². The molecule has 0 aliphatic heterocycles. The van der Waals surface area contributed by atoms with Crippen LogP contribution in [0.4, 0.5) is 4.39 Å². The van der Waals surface area contributed by atoms with Gasteiger partial charge in [0.05, 0.1) is 5.02 Å². The molecular formula is C18H21ClFN. The molecule has 1 unspecified atom stereocenters.